The average molecular weight is 305 g/mol. The minimum absolute atomic E-state index is 0.158. The molecule has 0 atom stereocenters. The molecule has 0 aliphatic rings. The molecule has 5 heteroatoms. The first kappa shape index (κ1) is 14.9. The first-order valence-electron chi connectivity index (χ1n) is 7.14. The number of nitrogens with zero attached hydrogens (tertiary/aromatic N) is 2. The molecule has 1 amide bonds. The summed E-state index contributed by atoms with van der Waals surface area (Å²) in [4.78, 5) is 20.4. The van der Waals surface area contributed by atoms with Crippen LogP contribution in [0.1, 0.15) is 11.1 Å². The Labute approximate surface area is 133 Å². The number of anilines is 1. The van der Waals surface area contributed by atoms with Gasteiger partial charge in [-0.1, -0.05) is 24.3 Å². The molecule has 0 fully saturated rings. The van der Waals surface area contributed by atoms with E-state index in [9.17, 15) is 9.90 Å². The maximum atomic E-state index is 12.1. The zero-order chi connectivity index (χ0) is 16.1. The van der Waals surface area contributed by atoms with Crippen LogP contribution in [0, 0.1) is 0 Å². The van der Waals surface area contributed by atoms with Crippen LogP contribution in [0.3, 0.4) is 0 Å². The summed E-state index contributed by atoms with van der Waals surface area (Å²) in [6.07, 6.45) is 7.97. The van der Waals surface area contributed by atoms with E-state index < -0.39 is 0 Å². The molecular weight excluding hydrogens is 290 g/mol. The van der Waals surface area contributed by atoms with Crippen molar-refractivity contribution in [3.63, 3.8) is 0 Å². The largest absolute Gasteiger partial charge is 0.392 e. The van der Waals surface area contributed by atoms with Crippen molar-refractivity contribution >= 4 is 28.6 Å². The first-order chi connectivity index (χ1) is 11.3. The maximum absolute atomic E-state index is 12.1. The molecule has 0 unspecified atom stereocenters. The van der Waals surface area contributed by atoms with Gasteiger partial charge in [-0.05, 0) is 18.2 Å². The van der Waals surface area contributed by atoms with Crippen molar-refractivity contribution in [1.29, 1.82) is 0 Å². The lowest BCUT2D eigenvalue weighted by molar-refractivity contribution is -0.111. The number of nitrogens with one attached hydrogen (secondary N) is 1. The van der Waals surface area contributed by atoms with Gasteiger partial charge in [0.15, 0.2) is 0 Å². The number of aliphatic hydroxyl groups is 1. The molecule has 0 aliphatic carbocycles. The number of aliphatic hydroxyl groups excluding tert-OH is 1. The van der Waals surface area contributed by atoms with Gasteiger partial charge in [-0.3, -0.25) is 14.8 Å². The minimum Gasteiger partial charge on any atom is -0.392 e. The van der Waals surface area contributed by atoms with Gasteiger partial charge in [-0.2, -0.15) is 0 Å². The quantitative estimate of drug-likeness (QED) is 0.727. The van der Waals surface area contributed by atoms with Crippen molar-refractivity contribution in [1.82, 2.24) is 9.97 Å². The zero-order valence-corrected chi connectivity index (χ0v) is 12.3. The topological polar surface area (TPSA) is 75.1 Å². The van der Waals surface area contributed by atoms with Crippen LogP contribution < -0.4 is 5.32 Å². The predicted molar refractivity (Wildman–Crippen MR) is 89.6 cm³/mol. The summed E-state index contributed by atoms with van der Waals surface area (Å²) in [5.74, 6) is -0.291. The Balaban J connectivity index is 1.80. The van der Waals surface area contributed by atoms with Crippen molar-refractivity contribution in [2.45, 2.75) is 6.61 Å². The van der Waals surface area contributed by atoms with Gasteiger partial charge in [-0.25, -0.2) is 0 Å². The number of para-hydroxylation sites is 1. The van der Waals surface area contributed by atoms with E-state index in [4.69, 9.17) is 0 Å². The lowest BCUT2D eigenvalue weighted by atomic mass is 10.1. The monoisotopic (exact) mass is 305 g/mol. The second kappa shape index (κ2) is 6.81. The van der Waals surface area contributed by atoms with E-state index in [1.807, 2.05) is 30.3 Å². The van der Waals surface area contributed by atoms with E-state index in [-0.39, 0.29) is 12.5 Å². The summed E-state index contributed by atoms with van der Waals surface area (Å²) in [7, 11) is 0. The highest BCUT2D eigenvalue weighted by atomic mass is 16.3. The molecule has 5 nitrogen and oxygen atoms in total. The summed E-state index contributed by atoms with van der Waals surface area (Å²) in [5.41, 5.74) is 2.83. The van der Waals surface area contributed by atoms with Crippen molar-refractivity contribution in [2.24, 2.45) is 0 Å². The van der Waals surface area contributed by atoms with Gasteiger partial charge in [0.2, 0.25) is 5.91 Å². The molecule has 0 radical (unpaired) electrons. The normalized spacial score (nSPS) is 11.0. The molecule has 114 valence electrons. The molecule has 0 spiro atoms. The van der Waals surface area contributed by atoms with Gasteiger partial charge in [-0.15, -0.1) is 0 Å². The molecule has 0 bridgehead atoms. The molecule has 3 rings (SSSR count). The van der Waals surface area contributed by atoms with Gasteiger partial charge < -0.3 is 10.4 Å². The first-order valence-corrected chi connectivity index (χ1v) is 7.14. The van der Waals surface area contributed by atoms with Gasteiger partial charge in [0, 0.05) is 35.0 Å². The Morgan fingerprint density at radius 1 is 1.17 bits per heavy atom. The van der Waals surface area contributed by atoms with Crippen molar-refractivity contribution < 1.29 is 9.90 Å². The third-order valence-corrected chi connectivity index (χ3v) is 3.42. The number of hydrogen-bond donors (Lipinski definition) is 2. The molecule has 2 heterocycles. The Hall–Kier alpha value is -3.05. The second-order valence-corrected chi connectivity index (χ2v) is 4.94. The number of fused-ring (bicyclic) bond motifs is 1. The SMILES string of the molecule is O=C(/C=C/c1cccc2cccnc12)Nc1cnccc1CO. The number of carbonyl (C=O) groups is 1. The summed E-state index contributed by atoms with van der Waals surface area (Å²) in [6, 6.07) is 11.3. The maximum Gasteiger partial charge on any atom is 0.248 e. The van der Waals surface area contributed by atoms with Gasteiger partial charge in [0.05, 0.1) is 24.0 Å². The summed E-state index contributed by atoms with van der Waals surface area (Å²) < 4.78 is 0. The molecule has 0 saturated carbocycles. The number of aromatic nitrogens is 2. The van der Waals surface area contributed by atoms with Crippen molar-refractivity contribution in [3.05, 3.63) is 72.2 Å². The molecule has 0 saturated heterocycles. The lowest BCUT2D eigenvalue weighted by Gasteiger charge is -2.06. The number of pyridine rings is 2. The third kappa shape index (κ3) is 3.41. The Kier molecular flexibility index (Phi) is 4.40. The predicted octanol–water partition coefficient (Wildman–Crippen LogP) is 2.77. The molecule has 1 aromatic carbocycles. The summed E-state index contributed by atoms with van der Waals surface area (Å²) in [6.45, 7) is -0.158. The smallest absolute Gasteiger partial charge is 0.248 e. The third-order valence-electron chi connectivity index (χ3n) is 3.42. The molecule has 0 aliphatic heterocycles. The highest BCUT2D eigenvalue weighted by molar-refractivity contribution is 6.03. The van der Waals surface area contributed by atoms with Crippen LogP contribution in [0.2, 0.25) is 0 Å². The fourth-order valence-corrected chi connectivity index (χ4v) is 2.28. The Bertz CT molecular complexity index is 870. The lowest BCUT2D eigenvalue weighted by Crippen LogP contribution is -2.10. The molecule has 23 heavy (non-hydrogen) atoms. The highest BCUT2D eigenvalue weighted by Crippen LogP contribution is 2.17. The van der Waals surface area contributed by atoms with E-state index in [0.29, 0.717) is 11.3 Å². The zero-order valence-electron chi connectivity index (χ0n) is 12.3. The van der Waals surface area contributed by atoms with Gasteiger partial charge in [0.1, 0.15) is 0 Å². The van der Waals surface area contributed by atoms with Crippen LogP contribution in [0.15, 0.2) is 61.1 Å². The summed E-state index contributed by atoms with van der Waals surface area (Å²) in [5, 5.41) is 13.0. The van der Waals surface area contributed by atoms with Crippen molar-refractivity contribution in [3.8, 4) is 0 Å². The van der Waals surface area contributed by atoms with Crippen molar-refractivity contribution in [2.75, 3.05) is 5.32 Å². The van der Waals surface area contributed by atoms with E-state index in [1.165, 1.54) is 12.3 Å². The fourth-order valence-electron chi connectivity index (χ4n) is 2.28. The number of carbonyl (C=O) groups excluding carboxylic acids is 1. The molecule has 3 aromatic rings. The number of hydrogen-bond acceptors (Lipinski definition) is 4. The fraction of sp³-hybridized carbons (Fsp3) is 0.0556. The van der Waals surface area contributed by atoms with E-state index in [0.717, 1.165) is 16.5 Å². The number of amides is 1. The van der Waals surface area contributed by atoms with E-state index in [2.05, 4.69) is 15.3 Å². The second-order valence-electron chi connectivity index (χ2n) is 4.94. The van der Waals surface area contributed by atoms with Crippen LogP contribution in [0.4, 0.5) is 5.69 Å². The number of rotatable bonds is 4. The number of benzene rings is 1. The van der Waals surface area contributed by atoms with Crippen LogP contribution in [-0.2, 0) is 11.4 Å². The Morgan fingerprint density at radius 3 is 2.91 bits per heavy atom. The summed E-state index contributed by atoms with van der Waals surface area (Å²) >= 11 is 0. The van der Waals surface area contributed by atoms with E-state index in [1.54, 1.807) is 24.5 Å². The van der Waals surface area contributed by atoms with Crippen LogP contribution >= 0.6 is 0 Å². The van der Waals surface area contributed by atoms with Crippen LogP contribution in [0.25, 0.3) is 17.0 Å². The molecule has 2 aromatic heterocycles. The van der Waals surface area contributed by atoms with E-state index >= 15 is 0 Å². The average Bonchev–Trinajstić information content (AvgIpc) is 2.60. The van der Waals surface area contributed by atoms with Gasteiger partial charge >= 0.3 is 0 Å². The molecular formula is C18H15N3O2. The van der Waals surface area contributed by atoms with Crippen LogP contribution in [0.5, 0.6) is 0 Å². The highest BCUT2D eigenvalue weighted by Gasteiger charge is 2.04. The minimum atomic E-state index is -0.291. The standard InChI is InChI=1S/C18H15N3O2/c22-12-15-8-10-19-11-16(15)21-17(23)7-6-14-4-1-3-13-5-2-9-20-18(13)14/h1-11,22H,12H2,(H,21,23)/b7-6+. The van der Waals surface area contributed by atoms with Gasteiger partial charge in [0.25, 0.3) is 0 Å². The molecule has 2 N–H and O–H groups in total. The van der Waals surface area contributed by atoms with Crippen LogP contribution in [-0.4, -0.2) is 21.0 Å². The Morgan fingerprint density at radius 2 is 2.04 bits per heavy atom.